The van der Waals surface area contributed by atoms with Gasteiger partial charge in [-0.25, -0.2) is 8.42 Å². The fourth-order valence-electron chi connectivity index (χ4n) is 3.94. The Balaban J connectivity index is 1.83. The number of likely N-dealkylation sites (tertiary alicyclic amines) is 1. The van der Waals surface area contributed by atoms with Crippen LogP contribution in [0.4, 0.5) is 0 Å². The summed E-state index contributed by atoms with van der Waals surface area (Å²) in [5.41, 5.74) is 0. The summed E-state index contributed by atoms with van der Waals surface area (Å²) in [7, 11) is -3.22. The summed E-state index contributed by atoms with van der Waals surface area (Å²) < 4.78 is 24.2. The van der Waals surface area contributed by atoms with Crippen LogP contribution >= 0.6 is 0 Å². The maximum Gasteiger partial charge on any atom is 0.241 e. The second kappa shape index (κ2) is 4.74. The molecule has 3 saturated heterocycles. The van der Waals surface area contributed by atoms with E-state index in [-0.39, 0.29) is 23.7 Å². The molecule has 1 N–H and O–H groups in total. The molecule has 3 rings (SSSR count). The van der Waals surface area contributed by atoms with Crippen LogP contribution in [0.3, 0.4) is 0 Å². The molecule has 6 heteroatoms. The van der Waals surface area contributed by atoms with Crippen LogP contribution in [0.5, 0.6) is 0 Å². The number of fused-ring (bicyclic) bond motifs is 1. The molecule has 0 aromatic carbocycles. The van der Waals surface area contributed by atoms with Crippen molar-refractivity contribution in [2.45, 2.75) is 49.9 Å². The number of carbonyl (C=O) groups excluding carboxylic acids is 1. The summed E-state index contributed by atoms with van der Waals surface area (Å²) in [6, 6.07) is 0.390. The number of rotatable bonds is 1. The van der Waals surface area contributed by atoms with Crippen molar-refractivity contribution < 1.29 is 13.2 Å². The van der Waals surface area contributed by atoms with E-state index in [1.807, 2.05) is 11.8 Å². The first kappa shape index (κ1) is 13.4. The Morgan fingerprint density at radius 1 is 1.26 bits per heavy atom. The van der Waals surface area contributed by atoms with E-state index in [1.165, 1.54) is 0 Å². The summed E-state index contributed by atoms with van der Waals surface area (Å²) in [5.74, 6) is 0.548. The number of sulfone groups is 1. The predicted molar refractivity (Wildman–Crippen MR) is 72.5 cm³/mol. The van der Waals surface area contributed by atoms with Crippen molar-refractivity contribution >= 4 is 15.7 Å². The van der Waals surface area contributed by atoms with E-state index in [0.717, 1.165) is 25.9 Å². The first-order valence-corrected chi connectivity index (χ1v) is 8.96. The highest BCUT2D eigenvalue weighted by Gasteiger charge is 2.48. The zero-order valence-corrected chi connectivity index (χ0v) is 12.2. The van der Waals surface area contributed by atoms with Crippen LogP contribution in [0, 0.1) is 5.92 Å². The number of nitrogens with one attached hydrogen (secondary N) is 1. The Hall–Kier alpha value is -0.620. The van der Waals surface area contributed by atoms with Gasteiger partial charge in [-0.05, 0) is 32.1 Å². The summed E-state index contributed by atoms with van der Waals surface area (Å²) in [4.78, 5) is 14.6. The molecule has 1 amide bonds. The number of carbonyl (C=O) groups is 1. The molecule has 0 spiro atoms. The molecule has 4 unspecified atom stereocenters. The van der Waals surface area contributed by atoms with Crippen molar-refractivity contribution in [3.8, 4) is 0 Å². The molecule has 4 atom stereocenters. The molecular formula is C13H22N2O3S. The molecular weight excluding hydrogens is 264 g/mol. The monoisotopic (exact) mass is 286 g/mol. The Bertz CT molecular complexity index is 476. The average Bonchev–Trinajstić information content (AvgIpc) is 2.87. The standard InChI is InChI=1S/C13H22N2O3S/c1-9-6-10-7-14-8-11(10)15(9)13(16)12-4-2-3-5-19(12,17)18/h9-12,14H,2-8H2,1H3. The van der Waals surface area contributed by atoms with Crippen molar-refractivity contribution in [1.82, 2.24) is 10.2 Å². The lowest BCUT2D eigenvalue weighted by Crippen LogP contribution is -2.51. The van der Waals surface area contributed by atoms with Gasteiger partial charge in [0.05, 0.1) is 5.75 Å². The zero-order chi connectivity index (χ0) is 13.6. The van der Waals surface area contributed by atoms with Crippen LogP contribution in [0.25, 0.3) is 0 Å². The smallest absolute Gasteiger partial charge is 0.241 e. The molecule has 0 bridgehead atoms. The first-order chi connectivity index (χ1) is 9.00. The predicted octanol–water partition coefficient (Wildman–Crippen LogP) is 0.163. The SMILES string of the molecule is CC1CC2CNCC2N1C(=O)C1CCCCS1(=O)=O. The molecule has 0 aliphatic carbocycles. The zero-order valence-electron chi connectivity index (χ0n) is 11.3. The van der Waals surface area contributed by atoms with Gasteiger partial charge >= 0.3 is 0 Å². The number of amides is 1. The highest BCUT2D eigenvalue weighted by atomic mass is 32.2. The Morgan fingerprint density at radius 3 is 2.79 bits per heavy atom. The van der Waals surface area contributed by atoms with Crippen molar-refractivity contribution in [2.24, 2.45) is 5.92 Å². The highest BCUT2D eigenvalue weighted by Crippen LogP contribution is 2.34. The van der Waals surface area contributed by atoms with E-state index < -0.39 is 15.1 Å². The van der Waals surface area contributed by atoms with Crippen molar-refractivity contribution in [2.75, 3.05) is 18.8 Å². The Kier molecular flexibility index (Phi) is 3.33. The largest absolute Gasteiger partial charge is 0.334 e. The summed E-state index contributed by atoms with van der Waals surface area (Å²) in [5, 5.41) is 2.54. The lowest BCUT2D eigenvalue weighted by atomic mass is 10.0. The van der Waals surface area contributed by atoms with Crippen LogP contribution < -0.4 is 5.32 Å². The molecule has 108 valence electrons. The van der Waals surface area contributed by atoms with E-state index in [9.17, 15) is 13.2 Å². The minimum Gasteiger partial charge on any atom is -0.334 e. The van der Waals surface area contributed by atoms with Crippen LogP contribution in [0.15, 0.2) is 0 Å². The van der Waals surface area contributed by atoms with Crippen LogP contribution in [0.1, 0.15) is 32.6 Å². The summed E-state index contributed by atoms with van der Waals surface area (Å²) in [6.45, 7) is 3.81. The lowest BCUT2D eigenvalue weighted by Gasteiger charge is -2.32. The average molecular weight is 286 g/mol. The molecule has 0 aromatic heterocycles. The molecule has 3 heterocycles. The first-order valence-electron chi connectivity index (χ1n) is 7.25. The molecule has 19 heavy (non-hydrogen) atoms. The maximum atomic E-state index is 12.7. The summed E-state index contributed by atoms with van der Waals surface area (Å²) in [6.07, 6.45) is 3.06. The molecule has 3 aliphatic rings. The molecule has 0 radical (unpaired) electrons. The second-order valence-corrected chi connectivity index (χ2v) is 8.47. The normalized spacial score (nSPS) is 41.2. The lowest BCUT2D eigenvalue weighted by molar-refractivity contribution is -0.133. The number of hydrogen-bond acceptors (Lipinski definition) is 4. The van der Waals surface area contributed by atoms with Gasteiger partial charge in [-0.3, -0.25) is 4.79 Å². The van der Waals surface area contributed by atoms with Crippen molar-refractivity contribution in [3.05, 3.63) is 0 Å². The van der Waals surface area contributed by atoms with E-state index in [1.54, 1.807) is 0 Å². The topological polar surface area (TPSA) is 66.5 Å². The van der Waals surface area contributed by atoms with E-state index in [4.69, 9.17) is 0 Å². The number of nitrogens with zero attached hydrogens (tertiary/aromatic N) is 1. The van der Waals surface area contributed by atoms with Crippen LogP contribution in [-0.4, -0.2) is 55.4 Å². The second-order valence-electron chi connectivity index (χ2n) is 6.17. The van der Waals surface area contributed by atoms with E-state index in [2.05, 4.69) is 5.32 Å². The van der Waals surface area contributed by atoms with Gasteiger partial charge in [0.15, 0.2) is 9.84 Å². The van der Waals surface area contributed by atoms with Crippen molar-refractivity contribution in [1.29, 1.82) is 0 Å². The maximum absolute atomic E-state index is 12.7. The quantitative estimate of drug-likeness (QED) is 0.746. The molecule has 0 aromatic rings. The van der Waals surface area contributed by atoms with Gasteiger partial charge < -0.3 is 10.2 Å². The third-order valence-corrected chi connectivity index (χ3v) is 7.05. The van der Waals surface area contributed by atoms with Crippen LogP contribution in [0.2, 0.25) is 0 Å². The minimum atomic E-state index is -3.22. The Labute approximate surface area is 114 Å². The number of hydrogen-bond donors (Lipinski definition) is 1. The highest BCUT2D eigenvalue weighted by molar-refractivity contribution is 7.92. The third-order valence-electron chi connectivity index (χ3n) is 4.89. The fraction of sp³-hybridized carbons (Fsp3) is 0.923. The van der Waals surface area contributed by atoms with Gasteiger partial charge in [0, 0.05) is 25.2 Å². The van der Waals surface area contributed by atoms with Gasteiger partial charge in [-0.15, -0.1) is 0 Å². The van der Waals surface area contributed by atoms with Gasteiger partial charge in [-0.1, -0.05) is 6.42 Å². The van der Waals surface area contributed by atoms with Gasteiger partial charge in [0.25, 0.3) is 0 Å². The third kappa shape index (κ3) is 2.18. The minimum absolute atomic E-state index is 0.136. The molecule has 3 fully saturated rings. The van der Waals surface area contributed by atoms with Gasteiger partial charge in [-0.2, -0.15) is 0 Å². The fourth-order valence-corrected chi connectivity index (χ4v) is 5.79. The molecule has 3 aliphatic heterocycles. The van der Waals surface area contributed by atoms with Gasteiger partial charge in [0.2, 0.25) is 5.91 Å². The van der Waals surface area contributed by atoms with Gasteiger partial charge in [0.1, 0.15) is 5.25 Å². The van der Waals surface area contributed by atoms with E-state index >= 15 is 0 Å². The summed E-state index contributed by atoms with van der Waals surface area (Å²) >= 11 is 0. The van der Waals surface area contributed by atoms with Crippen LogP contribution in [-0.2, 0) is 14.6 Å². The van der Waals surface area contributed by atoms with E-state index in [0.29, 0.717) is 18.8 Å². The molecule has 0 saturated carbocycles. The Morgan fingerprint density at radius 2 is 2.05 bits per heavy atom. The van der Waals surface area contributed by atoms with Crippen molar-refractivity contribution in [3.63, 3.8) is 0 Å². The molecule has 5 nitrogen and oxygen atoms in total.